The average molecular weight is 643 g/mol. The van der Waals surface area contributed by atoms with E-state index in [0.29, 0.717) is 0 Å². The molecule has 3 aromatic carbocycles. The Kier molecular flexibility index (Phi) is 10.3. The van der Waals surface area contributed by atoms with E-state index in [9.17, 15) is 0 Å². The summed E-state index contributed by atoms with van der Waals surface area (Å²) in [6.07, 6.45) is 27.2. The molecule has 0 spiro atoms. The van der Waals surface area contributed by atoms with Gasteiger partial charge < -0.3 is 9.80 Å². The molecule has 2 heteroatoms. The fraction of sp³-hybridized carbons (Fsp3) is 0.234. The number of allylic oxidation sites excluding steroid dienone is 14. The predicted octanol–water partition coefficient (Wildman–Crippen LogP) is 10.9. The number of nitrogens with zero attached hydrogens (tertiary/aromatic N) is 2. The highest BCUT2D eigenvalue weighted by atomic mass is 15.2. The Morgan fingerprint density at radius 3 is 2.02 bits per heavy atom. The Morgan fingerprint density at radius 2 is 1.39 bits per heavy atom. The van der Waals surface area contributed by atoms with Gasteiger partial charge in [0.25, 0.3) is 0 Å². The third kappa shape index (κ3) is 6.53. The Labute approximate surface area is 294 Å². The second-order valence-electron chi connectivity index (χ2n) is 13.0. The van der Waals surface area contributed by atoms with E-state index < -0.39 is 0 Å². The first-order valence-corrected chi connectivity index (χ1v) is 18.0. The van der Waals surface area contributed by atoms with Gasteiger partial charge in [0.2, 0.25) is 0 Å². The van der Waals surface area contributed by atoms with Crippen molar-refractivity contribution in [1.82, 2.24) is 0 Å². The fourth-order valence-corrected chi connectivity index (χ4v) is 7.46. The van der Waals surface area contributed by atoms with Crippen LogP contribution in [0.5, 0.6) is 0 Å². The molecule has 0 aliphatic heterocycles. The minimum Gasteiger partial charge on any atom is -0.313 e. The zero-order valence-corrected chi connectivity index (χ0v) is 30.2. The Bertz CT molecular complexity index is 2070. The molecule has 0 radical (unpaired) electrons. The largest absolute Gasteiger partial charge is 0.313 e. The molecule has 0 bridgehead atoms. The lowest BCUT2D eigenvalue weighted by Crippen LogP contribution is -2.48. The van der Waals surface area contributed by atoms with Gasteiger partial charge in [0.15, 0.2) is 0 Å². The molecule has 0 saturated heterocycles. The van der Waals surface area contributed by atoms with Crippen molar-refractivity contribution in [1.29, 1.82) is 0 Å². The Morgan fingerprint density at radius 1 is 0.714 bits per heavy atom. The molecule has 4 aliphatic rings. The number of hydrogen-bond acceptors (Lipinski definition) is 2. The molecule has 248 valence electrons. The number of aryl methyl sites for hydroxylation is 2. The lowest BCUT2D eigenvalue weighted by Gasteiger charge is -2.45. The summed E-state index contributed by atoms with van der Waals surface area (Å²) >= 11 is 0. The molecule has 2 unspecified atom stereocenters. The van der Waals surface area contributed by atoms with Crippen LogP contribution in [0.1, 0.15) is 58.6 Å². The standard InChI is InChI=1S/C45H44N2.C2H6/c1-6-12-35(7-2)46(36-24-17-31(3)18-25-36)45-41-16-11-10-15-40(41)44(42-30-23-34-13-8-9-14-39(34)43(42)45)47(37-26-19-32(4)20-27-37)38-28-21-33(5)22-29-38;1-2/h6-21,23-28,30,39,43H,22,29H2,1-5H3;1-2H3/b12-6-,35-7+;. The maximum atomic E-state index is 2.57. The molecule has 2 nitrogen and oxygen atoms in total. The van der Waals surface area contributed by atoms with Crippen molar-refractivity contribution in [2.75, 3.05) is 9.80 Å². The van der Waals surface area contributed by atoms with E-state index in [-0.39, 0.29) is 11.8 Å². The number of hydrogen-bond donors (Lipinski definition) is 0. The number of rotatable bonds is 7. The summed E-state index contributed by atoms with van der Waals surface area (Å²) in [5, 5.41) is 2.54. The highest BCUT2D eigenvalue weighted by molar-refractivity contribution is 5.91. The minimum atomic E-state index is 0.0945. The molecular weight excluding hydrogens is 593 g/mol. The van der Waals surface area contributed by atoms with Gasteiger partial charge in [-0.25, -0.2) is 0 Å². The van der Waals surface area contributed by atoms with Crippen LogP contribution in [-0.4, -0.2) is 0 Å². The van der Waals surface area contributed by atoms with Crippen LogP contribution in [-0.2, 0) is 0 Å². The van der Waals surface area contributed by atoms with Crippen molar-refractivity contribution >= 4 is 22.8 Å². The molecule has 49 heavy (non-hydrogen) atoms. The highest BCUT2D eigenvalue weighted by Gasteiger charge is 2.41. The van der Waals surface area contributed by atoms with Crippen LogP contribution in [0, 0.1) is 25.7 Å². The quantitative estimate of drug-likeness (QED) is 0.237. The third-order valence-corrected chi connectivity index (χ3v) is 9.84. The van der Waals surface area contributed by atoms with Crippen molar-refractivity contribution in [2.24, 2.45) is 11.8 Å². The minimum absolute atomic E-state index is 0.0945. The summed E-state index contributed by atoms with van der Waals surface area (Å²) in [4.78, 5) is 5.08. The second kappa shape index (κ2) is 15.0. The lowest BCUT2D eigenvalue weighted by atomic mass is 9.69. The first-order chi connectivity index (χ1) is 24.0. The summed E-state index contributed by atoms with van der Waals surface area (Å²) in [7, 11) is 0. The van der Waals surface area contributed by atoms with E-state index >= 15 is 0 Å². The van der Waals surface area contributed by atoms with Gasteiger partial charge in [0.05, 0.1) is 5.70 Å². The molecule has 7 rings (SSSR count). The van der Waals surface area contributed by atoms with Crippen molar-refractivity contribution < 1.29 is 0 Å². The van der Waals surface area contributed by atoms with Gasteiger partial charge in [-0.15, -0.1) is 0 Å². The van der Waals surface area contributed by atoms with E-state index in [1.165, 1.54) is 72.4 Å². The molecule has 4 aliphatic carbocycles. The van der Waals surface area contributed by atoms with Crippen LogP contribution in [0.25, 0.3) is 11.4 Å². The van der Waals surface area contributed by atoms with Gasteiger partial charge in [-0.1, -0.05) is 134 Å². The van der Waals surface area contributed by atoms with E-state index in [1.54, 1.807) is 0 Å². The average Bonchev–Trinajstić information content (AvgIpc) is 3.14. The van der Waals surface area contributed by atoms with Gasteiger partial charge in [0, 0.05) is 50.7 Å². The third-order valence-electron chi connectivity index (χ3n) is 9.84. The predicted molar refractivity (Wildman–Crippen MR) is 212 cm³/mol. The van der Waals surface area contributed by atoms with Crippen LogP contribution in [0.3, 0.4) is 0 Å². The van der Waals surface area contributed by atoms with E-state index in [4.69, 9.17) is 0 Å². The maximum absolute atomic E-state index is 2.57. The fourth-order valence-electron chi connectivity index (χ4n) is 7.46. The zero-order valence-electron chi connectivity index (χ0n) is 30.2. The van der Waals surface area contributed by atoms with Gasteiger partial charge in [0.1, 0.15) is 0 Å². The summed E-state index contributed by atoms with van der Waals surface area (Å²) in [5.41, 5.74) is 14.1. The molecule has 0 amide bonds. The molecule has 2 atom stereocenters. The van der Waals surface area contributed by atoms with Gasteiger partial charge in [-0.3, -0.25) is 0 Å². The summed E-state index contributed by atoms with van der Waals surface area (Å²) < 4.78 is 0. The normalized spacial score (nSPS) is 19.4. The maximum Gasteiger partial charge on any atom is 0.0576 e. The number of fused-ring (bicyclic) bond motifs is 4. The van der Waals surface area contributed by atoms with E-state index in [0.717, 1.165) is 12.8 Å². The summed E-state index contributed by atoms with van der Waals surface area (Å²) in [6, 6.07) is 27.2. The Hall–Kier alpha value is -5.08. The van der Waals surface area contributed by atoms with E-state index in [1.807, 2.05) is 13.8 Å². The van der Waals surface area contributed by atoms with Crippen LogP contribution >= 0.6 is 0 Å². The first-order valence-electron chi connectivity index (χ1n) is 18.0. The SMILES string of the molecule is C/C=C\C(=C/C)N(C1=c2ccccc2=C(N(C2=CC=C(C)CC2)c2ccc(C)cc2)C2=CC=C3C=CC=CC3C21)c1ccc(C)cc1.CC. The highest BCUT2D eigenvalue weighted by Crippen LogP contribution is 2.49. The molecule has 3 aromatic rings. The van der Waals surface area contributed by atoms with Crippen molar-refractivity contribution in [3.8, 4) is 0 Å². The van der Waals surface area contributed by atoms with Crippen molar-refractivity contribution in [3.05, 3.63) is 189 Å². The van der Waals surface area contributed by atoms with Gasteiger partial charge in [-0.05, 0) is 95.0 Å². The number of benzene rings is 3. The topological polar surface area (TPSA) is 6.48 Å². The monoisotopic (exact) mass is 642 g/mol. The van der Waals surface area contributed by atoms with Crippen LogP contribution < -0.4 is 20.2 Å². The molecule has 0 N–H and O–H groups in total. The zero-order chi connectivity index (χ0) is 34.5. The van der Waals surface area contributed by atoms with Crippen LogP contribution in [0.4, 0.5) is 11.4 Å². The van der Waals surface area contributed by atoms with Gasteiger partial charge in [-0.2, -0.15) is 0 Å². The Balaban J connectivity index is 0.00000205. The van der Waals surface area contributed by atoms with Gasteiger partial charge >= 0.3 is 0 Å². The first kappa shape index (κ1) is 33.8. The molecule has 0 saturated carbocycles. The number of anilines is 2. The summed E-state index contributed by atoms with van der Waals surface area (Å²) in [6.45, 7) is 14.8. The smallest absolute Gasteiger partial charge is 0.0576 e. The van der Waals surface area contributed by atoms with Crippen molar-refractivity contribution in [2.45, 2.75) is 61.3 Å². The molecular formula is C47H50N2. The van der Waals surface area contributed by atoms with Crippen molar-refractivity contribution in [3.63, 3.8) is 0 Å². The molecule has 0 aromatic heterocycles. The molecule has 0 fully saturated rings. The van der Waals surface area contributed by atoms with Crippen LogP contribution in [0.15, 0.2) is 168 Å². The van der Waals surface area contributed by atoms with E-state index in [2.05, 4.69) is 184 Å². The second-order valence-corrected chi connectivity index (χ2v) is 13.0. The molecule has 0 heterocycles. The summed E-state index contributed by atoms with van der Waals surface area (Å²) in [5.74, 6) is 0.300. The lowest BCUT2D eigenvalue weighted by molar-refractivity contribution is 0.615. The van der Waals surface area contributed by atoms with Crippen LogP contribution in [0.2, 0.25) is 0 Å².